The number of nitrogens with zero attached hydrogens (tertiary/aromatic N) is 8. The summed E-state index contributed by atoms with van der Waals surface area (Å²) in [4.78, 5) is 107. The van der Waals surface area contributed by atoms with Crippen LogP contribution in [0.5, 0.6) is 0 Å². The van der Waals surface area contributed by atoms with Gasteiger partial charge in [-0.1, -0.05) is 144 Å². The number of Topliss-reactive ketones (excluding diaryl/α,β-unsaturated/α-hetero) is 2. The monoisotopic (exact) mass is 1740 g/mol. The smallest absolute Gasteiger partial charge is 0.325 e. The summed E-state index contributed by atoms with van der Waals surface area (Å²) < 4.78 is 10.8. The van der Waals surface area contributed by atoms with Crippen molar-refractivity contribution in [2.45, 2.75) is 529 Å². The van der Waals surface area contributed by atoms with Crippen LogP contribution in [0.2, 0.25) is 0 Å². The molecule has 22 heteroatoms. The van der Waals surface area contributed by atoms with Gasteiger partial charge in [0.15, 0.2) is 12.3 Å². The van der Waals surface area contributed by atoms with Crippen molar-refractivity contribution < 1.29 is 43.0 Å². The lowest BCUT2D eigenvalue weighted by Crippen LogP contribution is -2.68. The molecule has 0 aromatic rings. The van der Waals surface area contributed by atoms with Gasteiger partial charge in [-0.2, -0.15) is 0 Å². The highest BCUT2D eigenvalue weighted by atomic mass is 16.5. The number of likely N-dealkylation sites (tertiary alicyclic amines) is 2. The molecule has 11 rings (SSSR count). The van der Waals surface area contributed by atoms with Crippen LogP contribution < -0.4 is 26.6 Å². The second kappa shape index (κ2) is 41.9. The van der Waals surface area contributed by atoms with Gasteiger partial charge in [-0.05, 0) is 281 Å². The Morgan fingerprint density at radius 2 is 0.774 bits per heavy atom. The number of hydrogen-bond acceptors (Lipinski definition) is 17. The predicted molar refractivity (Wildman–Crippen MR) is 506 cm³/mol. The van der Waals surface area contributed by atoms with Crippen LogP contribution in [0, 0.1) is 35.0 Å². The van der Waals surface area contributed by atoms with Crippen LogP contribution in [0.1, 0.15) is 426 Å². The molecule has 0 saturated carbocycles. The van der Waals surface area contributed by atoms with Crippen LogP contribution >= 0.6 is 0 Å². The van der Waals surface area contributed by atoms with Gasteiger partial charge >= 0.3 is 18.0 Å². The minimum absolute atomic E-state index is 0.00574. The number of ketones is 2. The minimum Gasteiger partial charge on any atom is -0.464 e. The molecule has 11 aliphatic rings. The fourth-order valence-corrected chi connectivity index (χ4v) is 26.7. The summed E-state index contributed by atoms with van der Waals surface area (Å²) in [5.41, 5.74) is 0.168. The number of hydrogen-bond donors (Lipinski definition) is 5. The molecule has 716 valence electrons. The van der Waals surface area contributed by atoms with Crippen molar-refractivity contribution in [3.63, 3.8) is 0 Å². The topological polar surface area (TPSA) is 224 Å². The molecule has 22 nitrogen and oxygen atoms in total. The standard InChI is InChI=1S/C35H66N2O2.C26H46N8O2.C24H46N2O.C17H31NO4/c1-8-9-10-11-12-13-14-15-16-17-18-19-20-21-22-23-24-28(2)25-31-29(3)32(38)37(33(31)39)30-26-34(4,5)36-35(6,7)27-30;1-23(2)9-17(10-24(3,4)27-23)29-13-31-19-20-33(21(31)35)15-30(16-34(20)22(36)32(19)14-29)18-11-25(5,6)28-26(7,8)12-18;1-20(2,12-18-15-23(7,8)26-24(9,10)16-18)19(27)11-17-13-21(3,4)25-22(5,6)14-17;1-13(19)7-8-15(20)22-10-9-18-16(2,3)11-14(21-6)12-17(18,4)5/h28-31,36H,8-27H2,1-7H3;17-20,27-28H,9-16H2,1-8H3;17-18,25-26H,11-16H2,1-10H3;14H,7-12H2,1-6H3. The van der Waals surface area contributed by atoms with Crippen LogP contribution in [0.15, 0.2) is 0 Å². The molecule has 0 radical (unpaired) electrons. The zero-order valence-corrected chi connectivity index (χ0v) is 85.4. The molecule has 0 aromatic heterocycles. The Bertz CT molecular complexity index is 3320. The number of carbonyl (C=O) groups excluding carboxylic acids is 7. The molecule has 124 heavy (non-hydrogen) atoms. The molecule has 0 aliphatic carbocycles. The molecule has 5 N–H and O–H groups in total. The average Bonchev–Trinajstić information content (AvgIpc) is 1.54. The van der Waals surface area contributed by atoms with Gasteiger partial charge in [-0.15, -0.1) is 0 Å². The second-order valence-electron chi connectivity index (χ2n) is 50.3. The van der Waals surface area contributed by atoms with Gasteiger partial charge < -0.3 is 40.9 Å². The van der Waals surface area contributed by atoms with E-state index in [2.05, 4.69) is 235 Å². The lowest BCUT2D eigenvalue weighted by Gasteiger charge is -2.55. The molecule has 11 heterocycles. The predicted octanol–water partition coefficient (Wildman–Crippen LogP) is 19.8. The van der Waals surface area contributed by atoms with E-state index in [1.54, 1.807) is 12.0 Å². The molecule has 0 bridgehead atoms. The Kier molecular flexibility index (Phi) is 35.7. The highest BCUT2D eigenvalue weighted by molar-refractivity contribution is 6.05. The first kappa shape index (κ1) is 105. The summed E-state index contributed by atoms with van der Waals surface area (Å²) in [6.45, 7) is 69.8. The zero-order valence-electron chi connectivity index (χ0n) is 85.4. The molecule has 6 amide bonds. The van der Waals surface area contributed by atoms with Crippen molar-refractivity contribution in [3.05, 3.63) is 0 Å². The highest BCUT2D eigenvalue weighted by Crippen LogP contribution is 2.48. The van der Waals surface area contributed by atoms with E-state index in [9.17, 15) is 33.6 Å². The van der Waals surface area contributed by atoms with Gasteiger partial charge in [0.1, 0.15) is 18.2 Å². The SMILES string of the molecule is CC1(C)CC(CC(=O)C(C)(C)CC2CC(C)(C)NC(C)(C)C2)CC(C)(C)N1.CC1(C)CC(N2CN3C(=O)N4CN(C5CC(C)(C)NC(C)(C)C5)CN5C(=O)N(C2)C3C45)CC(C)(C)N1.CCCCCCCCCCCCCCCCCCC(C)CC1C(=O)N(C2CC(C)(C)NC(C)(C)C2)C(=O)C1C.COC1CC(C)(C)N(CCOC(=O)CCC(C)=O)C(C)(C)C1. The maximum Gasteiger partial charge on any atom is 0.325 e. The Balaban J connectivity index is 0.000000210. The zero-order chi connectivity index (χ0) is 92.7. The average molecular weight is 1740 g/mol. The van der Waals surface area contributed by atoms with E-state index < -0.39 is 0 Å². The van der Waals surface area contributed by atoms with Gasteiger partial charge in [0.25, 0.3) is 0 Å². The number of urea groups is 2. The van der Waals surface area contributed by atoms with Crippen molar-refractivity contribution in [2.75, 3.05) is 46.9 Å². The van der Waals surface area contributed by atoms with E-state index in [1.165, 1.54) is 116 Å². The molecule has 0 aromatic carbocycles. The summed E-state index contributed by atoms with van der Waals surface area (Å²) >= 11 is 0. The number of nitrogens with one attached hydrogen (secondary N) is 5. The first-order chi connectivity index (χ1) is 57.0. The summed E-state index contributed by atoms with van der Waals surface area (Å²) in [6.07, 6.45) is 38.5. The van der Waals surface area contributed by atoms with Crippen molar-refractivity contribution in [2.24, 2.45) is 35.0 Å². The quantitative estimate of drug-likeness (QED) is 0.0229. The highest BCUT2D eigenvalue weighted by Gasteiger charge is 2.65. The molecule has 0 spiro atoms. The summed E-state index contributed by atoms with van der Waals surface area (Å²) in [7, 11) is 1.77. The number of amides is 6. The molecular formula is C102H189N13O9. The fourth-order valence-electron chi connectivity index (χ4n) is 26.7. The number of methoxy groups -OCH3 is 1. The van der Waals surface area contributed by atoms with E-state index in [-0.39, 0.29) is 157 Å². The van der Waals surface area contributed by atoms with Gasteiger partial charge in [0, 0.05) is 122 Å². The normalized spacial score (nSPS) is 27.1. The minimum atomic E-state index is -0.294. The number of carbonyl (C=O) groups is 7. The van der Waals surface area contributed by atoms with Gasteiger partial charge in [0.2, 0.25) is 11.8 Å². The van der Waals surface area contributed by atoms with E-state index in [0.717, 1.165) is 96.3 Å². The maximum atomic E-state index is 13.8. The number of unbranched alkanes of at least 4 members (excludes halogenated alkanes) is 15. The van der Waals surface area contributed by atoms with Crippen LogP contribution in [0.25, 0.3) is 0 Å². The molecule has 11 aliphatic heterocycles. The van der Waals surface area contributed by atoms with Gasteiger partial charge in [-0.3, -0.25) is 58.4 Å². The van der Waals surface area contributed by atoms with Gasteiger partial charge in [0.05, 0.1) is 45.1 Å². The lowest BCUT2D eigenvalue weighted by molar-refractivity contribution is -0.148. The van der Waals surface area contributed by atoms with Crippen molar-refractivity contribution in [1.82, 2.24) is 65.8 Å². The lowest BCUT2D eigenvalue weighted by atomic mass is 9.67. The Morgan fingerprint density at radius 3 is 1.12 bits per heavy atom. The number of imide groups is 1. The van der Waals surface area contributed by atoms with Crippen molar-refractivity contribution >= 4 is 41.4 Å². The maximum absolute atomic E-state index is 13.8. The Morgan fingerprint density at radius 1 is 0.444 bits per heavy atom. The third kappa shape index (κ3) is 30.1. The van der Waals surface area contributed by atoms with E-state index >= 15 is 0 Å². The second-order valence-corrected chi connectivity index (χ2v) is 50.3. The molecular weight excluding hydrogens is 1550 g/mol. The van der Waals surface area contributed by atoms with Gasteiger partial charge in [-0.25, -0.2) is 9.59 Å². The first-order valence-corrected chi connectivity index (χ1v) is 50.0. The molecule has 3 atom stereocenters. The Labute approximate surface area is 757 Å². The number of ether oxygens (including phenoxy) is 2. The molecule has 3 unspecified atom stereocenters. The molecule has 11 saturated heterocycles. The molecule has 11 fully saturated rings. The summed E-state index contributed by atoms with van der Waals surface area (Å²) in [5.74, 6) is 1.65. The number of piperidine rings is 6. The van der Waals surface area contributed by atoms with Crippen molar-refractivity contribution in [1.29, 1.82) is 0 Å². The first-order valence-electron chi connectivity index (χ1n) is 50.0. The summed E-state index contributed by atoms with van der Waals surface area (Å²) in [5, 5.41) is 18.7. The number of esters is 1. The largest absolute Gasteiger partial charge is 0.464 e. The van der Waals surface area contributed by atoms with Crippen LogP contribution in [-0.4, -0.2) is 231 Å². The van der Waals surface area contributed by atoms with Crippen LogP contribution in [0.3, 0.4) is 0 Å². The van der Waals surface area contributed by atoms with Crippen molar-refractivity contribution in [3.8, 4) is 0 Å². The van der Waals surface area contributed by atoms with E-state index in [0.29, 0.717) is 75.4 Å². The summed E-state index contributed by atoms with van der Waals surface area (Å²) in [6, 6.07) is 0.791. The van der Waals surface area contributed by atoms with E-state index in [4.69, 9.17) is 9.47 Å². The fraction of sp³-hybridized carbons (Fsp3) is 0.931. The van der Waals surface area contributed by atoms with E-state index in [1.807, 2.05) is 26.5 Å². The van der Waals surface area contributed by atoms with Crippen LogP contribution in [0.4, 0.5) is 9.59 Å². The number of rotatable bonds is 34. The Hall–Kier alpha value is -3.87. The van der Waals surface area contributed by atoms with Crippen LogP contribution in [-0.2, 0) is 33.4 Å². The third-order valence-corrected chi connectivity index (χ3v) is 29.8. The third-order valence-electron chi connectivity index (χ3n) is 29.8.